The van der Waals surface area contributed by atoms with Crippen molar-refractivity contribution < 1.29 is 9.53 Å². The minimum absolute atomic E-state index is 0.322. The summed E-state index contributed by atoms with van der Waals surface area (Å²) in [5, 5.41) is 6.01. The number of benzene rings is 1. The van der Waals surface area contributed by atoms with E-state index in [-0.39, 0.29) is 5.97 Å². The van der Waals surface area contributed by atoms with E-state index in [2.05, 4.69) is 9.84 Å². The van der Waals surface area contributed by atoms with Crippen LogP contribution in [0.25, 0.3) is 0 Å². The fourth-order valence-electron chi connectivity index (χ4n) is 1.46. The number of rotatable bonds is 5. The summed E-state index contributed by atoms with van der Waals surface area (Å²) in [6.45, 7) is 2.57. The number of allylic oxidation sites excluding steroid dienone is 2. The highest BCUT2D eigenvalue weighted by atomic mass is 16.5. The minimum atomic E-state index is -0.322. The maximum absolute atomic E-state index is 11.4. The third-order valence-electron chi connectivity index (χ3n) is 2.30. The first-order valence-electron chi connectivity index (χ1n) is 5.71. The van der Waals surface area contributed by atoms with Crippen molar-refractivity contribution in [2.45, 2.75) is 13.5 Å². The molecular weight excluding hydrogens is 228 g/mol. The average Bonchev–Trinajstić information content (AvgIpc) is 2.38. The van der Waals surface area contributed by atoms with Gasteiger partial charge in [-0.15, -0.1) is 0 Å². The number of hydrazone groups is 1. The van der Waals surface area contributed by atoms with E-state index in [1.165, 1.54) is 7.11 Å². The number of esters is 1. The van der Waals surface area contributed by atoms with Crippen LogP contribution in [-0.2, 0) is 11.3 Å². The SMILES string of the molecule is C/C=C/C=N/N(C)Cc1cccc(C(=O)OC)c1. The Balaban J connectivity index is 2.70. The summed E-state index contributed by atoms with van der Waals surface area (Å²) in [5.41, 5.74) is 1.57. The van der Waals surface area contributed by atoms with Crippen LogP contribution >= 0.6 is 0 Å². The monoisotopic (exact) mass is 246 g/mol. The van der Waals surface area contributed by atoms with Crippen LogP contribution in [0.4, 0.5) is 0 Å². The van der Waals surface area contributed by atoms with Crippen molar-refractivity contribution in [2.24, 2.45) is 5.10 Å². The molecular formula is C14H18N2O2. The Bertz CT molecular complexity index is 453. The molecule has 0 fully saturated rings. The highest BCUT2D eigenvalue weighted by Gasteiger charge is 2.06. The number of hydrogen-bond donors (Lipinski definition) is 0. The summed E-state index contributed by atoms with van der Waals surface area (Å²) in [7, 11) is 3.26. The van der Waals surface area contributed by atoms with Gasteiger partial charge < -0.3 is 4.74 Å². The van der Waals surface area contributed by atoms with Gasteiger partial charge in [-0.2, -0.15) is 5.10 Å². The van der Waals surface area contributed by atoms with Gasteiger partial charge in [0.05, 0.1) is 19.2 Å². The van der Waals surface area contributed by atoms with Gasteiger partial charge in [0.1, 0.15) is 0 Å². The molecule has 0 aliphatic carbocycles. The van der Waals surface area contributed by atoms with Crippen LogP contribution in [0.1, 0.15) is 22.8 Å². The summed E-state index contributed by atoms with van der Waals surface area (Å²) in [6.07, 6.45) is 5.50. The Kier molecular flexibility index (Phi) is 5.64. The van der Waals surface area contributed by atoms with E-state index in [1.54, 1.807) is 17.3 Å². The van der Waals surface area contributed by atoms with Gasteiger partial charge in [-0.25, -0.2) is 4.79 Å². The van der Waals surface area contributed by atoms with Gasteiger partial charge in [0.25, 0.3) is 0 Å². The zero-order chi connectivity index (χ0) is 13.4. The molecule has 1 aromatic rings. The van der Waals surface area contributed by atoms with Crippen molar-refractivity contribution in [2.75, 3.05) is 14.2 Å². The van der Waals surface area contributed by atoms with Crippen LogP contribution < -0.4 is 0 Å². The highest BCUT2D eigenvalue weighted by Crippen LogP contribution is 2.08. The lowest BCUT2D eigenvalue weighted by atomic mass is 10.1. The third-order valence-corrected chi connectivity index (χ3v) is 2.30. The average molecular weight is 246 g/mol. The molecule has 0 amide bonds. The van der Waals surface area contributed by atoms with Gasteiger partial charge >= 0.3 is 5.97 Å². The second-order valence-electron chi connectivity index (χ2n) is 3.80. The van der Waals surface area contributed by atoms with E-state index >= 15 is 0 Å². The van der Waals surface area contributed by atoms with Crippen molar-refractivity contribution in [1.29, 1.82) is 0 Å². The first-order chi connectivity index (χ1) is 8.67. The molecule has 4 nitrogen and oxygen atoms in total. The van der Waals surface area contributed by atoms with E-state index in [1.807, 2.05) is 44.3 Å². The zero-order valence-corrected chi connectivity index (χ0v) is 11.0. The Hall–Kier alpha value is -2.10. The number of methoxy groups -OCH3 is 1. The van der Waals surface area contributed by atoms with E-state index in [0.29, 0.717) is 12.1 Å². The van der Waals surface area contributed by atoms with Gasteiger partial charge in [-0.05, 0) is 30.7 Å². The summed E-state index contributed by atoms with van der Waals surface area (Å²) >= 11 is 0. The molecule has 4 heteroatoms. The Morgan fingerprint density at radius 3 is 2.94 bits per heavy atom. The molecule has 0 aliphatic rings. The number of carbonyl (C=O) groups excluding carboxylic acids is 1. The Morgan fingerprint density at radius 2 is 2.28 bits per heavy atom. The van der Waals surface area contributed by atoms with Crippen LogP contribution in [0.3, 0.4) is 0 Å². The fourth-order valence-corrected chi connectivity index (χ4v) is 1.46. The topological polar surface area (TPSA) is 41.9 Å². The summed E-state index contributed by atoms with van der Waals surface area (Å²) in [5.74, 6) is -0.322. The molecule has 0 aliphatic heterocycles. The maximum atomic E-state index is 11.4. The lowest BCUT2D eigenvalue weighted by molar-refractivity contribution is 0.0600. The number of carbonyl (C=O) groups is 1. The summed E-state index contributed by atoms with van der Waals surface area (Å²) in [6, 6.07) is 7.34. The highest BCUT2D eigenvalue weighted by molar-refractivity contribution is 5.89. The number of ether oxygens (including phenoxy) is 1. The molecule has 0 N–H and O–H groups in total. The van der Waals surface area contributed by atoms with E-state index in [4.69, 9.17) is 0 Å². The number of nitrogens with zero attached hydrogens (tertiary/aromatic N) is 2. The van der Waals surface area contributed by atoms with Crippen LogP contribution in [0, 0.1) is 0 Å². The summed E-state index contributed by atoms with van der Waals surface area (Å²) in [4.78, 5) is 11.4. The van der Waals surface area contributed by atoms with Crippen LogP contribution in [0.5, 0.6) is 0 Å². The van der Waals surface area contributed by atoms with E-state index < -0.39 is 0 Å². The molecule has 0 heterocycles. The molecule has 1 rings (SSSR count). The third kappa shape index (κ3) is 4.41. The van der Waals surface area contributed by atoms with Crippen molar-refractivity contribution in [3.05, 3.63) is 47.5 Å². The van der Waals surface area contributed by atoms with Crippen molar-refractivity contribution in [3.8, 4) is 0 Å². The second kappa shape index (κ2) is 7.27. The normalized spacial score (nSPS) is 11.1. The van der Waals surface area contributed by atoms with Crippen molar-refractivity contribution in [3.63, 3.8) is 0 Å². The molecule has 0 saturated heterocycles. The lowest BCUT2D eigenvalue weighted by Gasteiger charge is -2.12. The van der Waals surface area contributed by atoms with Gasteiger partial charge in [-0.1, -0.05) is 18.2 Å². The molecule has 0 saturated carbocycles. The van der Waals surface area contributed by atoms with E-state index in [9.17, 15) is 4.79 Å². The second-order valence-corrected chi connectivity index (χ2v) is 3.80. The van der Waals surface area contributed by atoms with E-state index in [0.717, 1.165) is 5.56 Å². The first kappa shape index (κ1) is 14.0. The summed E-state index contributed by atoms with van der Waals surface area (Å²) < 4.78 is 4.68. The quantitative estimate of drug-likeness (QED) is 0.455. The Labute approximate surface area is 108 Å². The molecule has 0 spiro atoms. The predicted molar refractivity (Wildman–Crippen MR) is 72.6 cm³/mol. The Morgan fingerprint density at radius 1 is 1.50 bits per heavy atom. The molecule has 0 radical (unpaired) electrons. The standard InChI is InChI=1S/C14H18N2O2/c1-4-5-9-15-16(2)11-12-7-6-8-13(10-12)14(17)18-3/h4-10H,11H2,1-3H3/b5-4+,15-9+. The van der Waals surface area contributed by atoms with Gasteiger partial charge in [0, 0.05) is 13.3 Å². The van der Waals surface area contributed by atoms with Crippen molar-refractivity contribution in [1.82, 2.24) is 5.01 Å². The van der Waals surface area contributed by atoms with Gasteiger partial charge in [-0.3, -0.25) is 5.01 Å². The van der Waals surface area contributed by atoms with Gasteiger partial charge in [0.15, 0.2) is 0 Å². The smallest absolute Gasteiger partial charge is 0.337 e. The lowest BCUT2D eigenvalue weighted by Crippen LogP contribution is -2.11. The fraction of sp³-hybridized carbons (Fsp3) is 0.286. The molecule has 0 atom stereocenters. The molecule has 1 aromatic carbocycles. The van der Waals surface area contributed by atoms with Crippen LogP contribution in [0.2, 0.25) is 0 Å². The first-order valence-corrected chi connectivity index (χ1v) is 5.71. The van der Waals surface area contributed by atoms with Crippen LogP contribution in [0.15, 0.2) is 41.5 Å². The molecule has 0 aromatic heterocycles. The predicted octanol–water partition coefficient (Wildman–Crippen LogP) is 2.47. The van der Waals surface area contributed by atoms with Crippen LogP contribution in [-0.4, -0.2) is 31.4 Å². The largest absolute Gasteiger partial charge is 0.465 e. The molecule has 96 valence electrons. The minimum Gasteiger partial charge on any atom is -0.465 e. The molecule has 0 unspecified atom stereocenters. The number of hydrogen-bond acceptors (Lipinski definition) is 4. The molecule has 0 bridgehead atoms. The maximum Gasteiger partial charge on any atom is 0.337 e. The molecule has 18 heavy (non-hydrogen) atoms. The van der Waals surface area contributed by atoms with Gasteiger partial charge in [0.2, 0.25) is 0 Å². The zero-order valence-electron chi connectivity index (χ0n) is 11.0. The van der Waals surface area contributed by atoms with Crippen molar-refractivity contribution >= 4 is 12.2 Å².